The number of carbonyl (C=O) groups is 1. The average Bonchev–Trinajstić information content (AvgIpc) is 3.69. The Morgan fingerprint density at radius 2 is 1.74 bits per heavy atom. The van der Waals surface area contributed by atoms with Gasteiger partial charge in [-0.3, -0.25) is 9.89 Å². The third-order valence-corrected chi connectivity index (χ3v) is 8.31. The van der Waals surface area contributed by atoms with Gasteiger partial charge in [-0.25, -0.2) is 4.98 Å². The molecular weight excluding hydrogens is 544 g/mol. The highest BCUT2D eigenvalue weighted by Gasteiger charge is 2.27. The number of hydrogen-bond donors (Lipinski definition) is 1. The molecule has 0 spiro atoms. The lowest BCUT2D eigenvalue weighted by molar-refractivity contribution is -0.125. The number of rotatable bonds is 11. The molecule has 3 heterocycles. The van der Waals surface area contributed by atoms with Gasteiger partial charge in [0.2, 0.25) is 11.8 Å². The van der Waals surface area contributed by atoms with Crippen molar-refractivity contribution in [2.75, 3.05) is 19.7 Å². The summed E-state index contributed by atoms with van der Waals surface area (Å²) in [5.41, 5.74) is 7.21. The van der Waals surface area contributed by atoms with Gasteiger partial charge in [-0.05, 0) is 97.4 Å². The van der Waals surface area contributed by atoms with E-state index in [2.05, 4.69) is 64.8 Å². The summed E-state index contributed by atoms with van der Waals surface area (Å²) in [7, 11) is 0. The lowest BCUT2D eigenvalue weighted by Crippen LogP contribution is -2.25. The number of benzene rings is 2. The van der Waals surface area contributed by atoms with Gasteiger partial charge in [-0.15, -0.1) is 12.4 Å². The zero-order valence-electron chi connectivity index (χ0n) is 24.0. The lowest BCUT2D eigenvalue weighted by atomic mass is 9.73. The molecule has 1 amide bonds. The first kappa shape index (κ1) is 29.6. The predicted molar refractivity (Wildman–Crippen MR) is 172 cm³/mol. The van der Waals surface area contributed by atoms with Crippen molar-refractivity contribution in [2.45, 2.75) is 51.4 Å². The maximum Gasteiger partial charge on any atom is 0.246 e. The highest BCUT2D eigenvalue weighted by molar-refractivity contribution is 6.01. The third-order valence-electron chi connectivity index (χ3n) is 8.31. The first-order chi connectivity index (χ1) is 20.3. The molecule has 1 saturated heterocycles. The quantitative estimate of drug-likeness (QED) is 0.111. The number of hydrogen-bond acceptors (Lipinski definition) is 4. The van der Waals surface area contributed by atoms with Gasteiger partial charge in [0, 0.05) is 36.3 Å². The molecule has 4 aromatic rings. The summed E-state index contributed by atoms with van der Waals surface area (Å²) < 4.78 is 5.99. The van der Waals surface area contributed by atoms with Gasteiger partial charge in [-0.1, -0.05) is 48.9 Å². The van der Waals surface area contributed by atoms with Crippen LogP contribution in [0.1, 0.15) is 68.1 Å². The van der Waals surface area contributed by atoms with Crippen LogP contribution in [-0.4, -0.2) is 45.7 Å². The highest BCUT2D eigenvalue weighted by Crippen LogP contribution is 2.45. The molecule has 1 aliphatic carbocycles. The Morgan fingerprint density at radius 3 is 2.48 bits per heavy atom. The van der Waals surface area contributed by atoms with E-state index in [0.29, 0.717) is 18.4 Å². The predicted octanol–water partition coefficient (Wildman–Crippen LogP) is 7.87. The standard InChI is InChI=1S/C35H38N4O2.ClH/c40-33(39-20-7-8-21-39)15-6-1-2-9-22-41-32-19-17-29(24-36-32)35(28-16-18-31-30(23-28)25-37-38-31)34(27-13-10-14-27)26-11-4-3-5-12-26;/h3-6,11-12,15-19,23-25,27H,1-2,7-10,13-14,20-22H2,(H,37,38);1H/b15-6+,35-34+;. The molecule has 6 rings (SSSR count). The normalized spacial score (nSPS) is 15.9. The number of ether oxygens (including phenoxy) is 1. The van der Waals surface area contributed by atoms with Gasteiger partial charge in [0.1, 0.15) is 0 Å². The SMILES string of the molecule is Cl.O=C(/C=C/CCCCOc1ccc(/C(=C(\c2ccccc2)C2CCC2)c2ccc3[nH]ncc3c2)cn1)N1CCCC1. The van der Waals surface area contributed by atoms with Crippen molar-refractivity contribution in [3.8, 4) is 5.88 Å². The molecule has 2 fully saturated rings. The van der Waals surface area contributed by atoms with E-state index in [1.54, 1.807) is 6.08 Å². The Balaban J connectivity index is 0.00000353. The molecule has 6 nitrogen and oxygen atoms in total. The van der Waals surface area contributed by atoms with Crippen LogP contribution in [0.4, 0.5) is 0 Å². The van der Waals surface area contributed by atoms with Crippen molar-refractivity contribution in [2.24, 2.45) is 5.92 Å². The van der Waals surface area contributed by atoms with E-state index in [0.717, 1.165) is 61.7 Å². The average molecular weight is 583 g/mol. The minimum atomic E-state index is 0. The van der Waals surface area contributed by atoms with Crippen molar-refractivity contribution < 1.29 is 9.53 Å². The van der Waals surface area contributed by atoms with Gasteiger partial charge >= 0.3 is 0 Å². The molecule has 1 N–H and O–H groups in total. The number of H-pyrrole nitrogens is 1. The van der Waals surface area contributed by atoms with E-state index < -0.39 is 0 Å². The van der Waals surface area contributed by atoms with Crippen molar-refractivity contribution in [3.63, 3.8) is 0 Å². The van der Waals surface area contributed by atoms with Crippen LogP contribution >= 0.6 is 12.4 Å². The molecule has 0 radical (unpaired) electrons. The topological polar surface area (TPSA) is 71.1 Å². The zero-order chi connectivity index (χ0) is 27.9. The van der Waals surface area contributed by atoms with Gasteiger partial charge < -0.3 is 9.64 Å². The van der Waals surface area contributed by atoms with Crippen LogP contribution < -0.4 is 4.74 Å². The van der Waals surface area contributed by atoms with Crippen LogP contribution in [0.25, 0.3) is 22.0 Å². The molecule has 1 saturated carbocycles. The number of aromatic nitrogens is 3. The molecule has 0 bridgehead atoms. The first-order valence-corrected chi connectivity index (χ1v) is 15.0. The fourth-order valence-electron chi connectivity index (χ4n) is 5.86. The van der Waals surface area contributed by atoms with Crippen molar-refractivity contribution in [3.05, 3.63) is 102 Å². The Kier molecular flexibility index (Phi) is 10.1. The van der Waals surface area contributed by atoms with E-state index in [1.165, 1.54) is 41.5 Å². The number of carbonyl (C=O) groups excluding carboxylic acids is 1. The van der Waals surface area contributed by atoms with Crippen molar-refractivity contribution >= 4 is 40.4 Å². The number of pyridine rings is 1. The molecule has 2 aromatic carbocycles. The summed E-state index contributed by atoms with van der Waals surface area (Å²) in [6.45, 7) is 2.40. The van der Waals surface area contributed by atoms with Crippen LogP contribution in [0, 0.1) is 5.92 Å². The molecule has 0 unspecified atom stereocenters. The van der Waals surface area contributed by atoms with Crippen LogP contribution in [0.15, 0.2) is 85.2 Å². The Labute approximate surface area is 254 Å². The van der Waals surface area contributed by atoms with Crippen LogP contribution in [0.3, 0.4) is 0 Å². The van der Waals surface area contributed by atoms with Crippen molar-refractivity contribution in [1.29, 1.82) is 0 Å². The van der Waals surface area contributed by atoms with E-state index in [4.69, 9.17) is 9.72 Å². The number of allylic oxidation sites excluding steroid dienone is 2. The second kappa shape index (κ2) is 14.3. The fourth-order valence-corrected chi connectivity index (χ4v) is 5.86. The number of amides is 1. The number of likely N-dealkylation sites (tertiary alicyclic amines) is 1. The second-order valence-electron chi connectivity index (χ2n) is 11.1. The minimum absolute atomic E-state index is 0. The smallest absolute Gasteiger partial charge is 0.246 e. The van der Waals surface area contributed by atoms with E-state index in [-0.39, 0.29) is 18.3 Å². The summed E-state index contributed by atoms with van der Waals surface area (Å²) in [6.07, 6.45) is 16.3. The molecular formula is C35H39ClN4O2. The van der Waals surface area contributed by atoms with Crippen LogP contribution in [0.5, 0.6) is 5.88 Å². The highest BCUT2D eigenvalue weighted by atomic mass is 35.5. The van der Waals surface area contributed by atoms with Gasteiger partial charge in [0.25, 0.3) is 0 Å². The number of halogens is 1. The number of fused-ring (bicyclic) bond motifs is 1. The molecule has 42 heavy (non-hydrogen) atoms. The summed E-state index contributed by atoms with van der Waals surface area (Å²) in [5.74, 6) is 1.32. The number of nitrogens with zero attached hydrogens (tertiary/aromatic N) is 3. The minimum Gasteiger partial charge on any atom is -0.478 e. The van der Waals surface area contributed by atoms with Gasteiger partial charge in [0.15, 0.2) is 0 Å². The summed E-state index contributed by atoms with van der Waals surface area (Å²) in [6, 6.07) is 21.5. The summed E-state index contributed by atoms with van der Waals surface area (Å²) in [4.78, 5) is 18.8. The lowest BCUT2D eigenvalue weighted by Gasteiger charge is -2.31. The van der Waals surface area contributed by atoms with E-state index in [9.17, 15) is 4.79 Å². The number of aromatic amines is 1. The monoisotopic (exact) mass is 582 g/mol. The molecule has 1 aliphatic heterocycles. The molecule has 0 atom stereocenters. The maximum atomic E-state index is 12.1. The Hall–Kier alpha value is -3.90. The molecule has 218 valence electrons. The zero-order valence-corrected chi connectivity index (χ0v) is 24.8. The first-order valence-electron chi connectivity index (χ1n) is 15.0. The van der Waals surface area contributed by atoms with Crippen LogP contribution in [-0.2, 0) is 4.79 Å². The number of unbranched alkanes of at least 4 members (excludes halogenated alkanes) is 2. The Morgan fingerprint density at radius 1 is 0.929 bits per heavy atom. The molecule has 7 heteroatoms. The fraction of sp³-hybridized carbons (Fsp3) is 0.343. The summed E-state index contributed by atoms with van der Waals surface area (Å²) >= 11 is 0. The Bertz CT molecular complexity index is 1520. The molecule has 2 aliphatic rings. The summed E-state index contributed by atoms with van der Waals surface area (Å²) in [5, 5.41) is 8.41. The van der Waals surface area contributed by atoms with Gasteiger partial charge in [-0.2, -0.15) is 5.10 Å². The van der Waals surface area contributed by atoms with Crippen molar-refractivity contribution in [1.82, 2.24) is 20.1 Å². The third kappa shape index (κ3) is 6.93. The van der Waals surface area contributed by atoms with E-state index >= 15 is 0 Å². The number of nitrogens with one attached hydrogen (secondary N) is 1. The largest absolute Gasteiger partial charge is 0.478 e. The second-order valence-corrected chi connectivity index (χ2v) is 11.1. The van der Waals surface area contributed by atoms with E-state index in [1.807, 2.05) is 29.4 Å². The molecule has 2 aromatic heterocycles. The van der Waals surface area contributed by atoms with Gasteiger partial charge in [0.05, 0.1) is 18.3 Å². The maximum absolute atomic E-state index is 12.1. The van der Waals surface area contributed by atoms with Crippen LogP contribution in [0.2, 0.25) is 0 Å².